The number of rotatable bonds is 16. The van der Waals surface area contributed by atoms with Gasteiger partial charge in [-0.2, -0.15) is 22.1 Å². The van der Waals surface area contributed by atoms with Crippen molar-refractivity contribution in [1.29, 1.82) is 5.26 Å². The Morgan fingerprint density at radius 1 is 0.519 bits per heavy atom. The summed E-state index contributed by atoms with van der Waals surface area (Å²) in [6.07, 6.45) is 0. The maximum Gasteiger partial charge on any atom is 0.294 e. The number of hydrogen-bond acceptors (Lipinski definition) is 8. The molecule has 0 saturated heterocycles. The van der Waals surface area contributed by atoms with Crippen LogP contribution >= 0.6 is 0 Å². The van der Waals surface area contributed by atoms with Crippen LogP contribution in [0.2, 0.25) is 0 Å². The first kappa shape index (κ1) is 40.0. The summed E-state index contributed by atoms with van der Waals surface area (Å²) in [6.45, 7) is 12.0. The van der Waals surface area contributed by atoms with Crippen LogP contribution in [0.15, 0.2) is 131 Å². The van der Waals surface area contributed by atoms with Crippen LogP contribution in [0.25, 0.3) is 0 Å². The molecule has 54 heavy (non-hydrogen) atoms. The minimum Gasteiger partial charge on any atom is -0.372 e. The predicted molar refractivity (Wildman–Crippen MR) is 214 cm³/mol. The summed E-state index contributed by atoms with van der Waals surface area (Å²) in [5.74, 6) is 0. The van der Waals surface area contributed by atoms with Gasteiger partial charge in [-0.25, -0.2) is 0 Å². The Balaban J connectivity index is 1.53. The van der Waals surface area contributed by atoms with Crippen LogP contribution in [0.5, 0.6) is 0 Å². The third kappa shape index (κ3) is 8.77. The van der Waals surface area contributed by atoms with Crippen molar-refractivity contribution in [1.82, 2.24) is 0 Å². The van der Waals surface area contributed by atoms with Crippen molar-refractivity contribution >= 4 is 37.3 Å². The number of benzene rings is 5. The van der Waals surface area contributed by atoms with Gasteiger partial charge in [0.25, 0.3) is 20.2 Å². The highest BCUT2D eigenvalue weighted by Crippen LogP contribution is 2.41. The van der Waals surface area contributed by atoms with Gasteiger partial charge in [-0.3, -0.25) is 9.11 Å². The largest absolute Gasteiger partial charge is 0.372 e. The van der Waals surface area contributed by atoms with E-state index in [1.807, 2.05) is 86.6 Å². The van der Waals surface area contributed by atoms with Crippen LogP contribution in [0.3, 0.4) is 0 Å². The molecule has 0 unspecified atom stereocenters. The highest BCUT2D eigenvalue weighted by molar-refractivity contribution is 7.86. The molecule has 5 aromatic rings. The zero-order chi connectivity index (χ0) is 39.1. The highest BCUT2D eigenvalue weighted by atomic mass is 32.2. The van der Waals surface area contributed by atoms with Crippen molar-refractivity contribution in [3.8, 4) is 6.07 Å². The van der Waals surface area contributed by atoms with Gasteiger partial charge in [0.15, 0.2) is 0 Å². The van der Waals surface area contributed by atoms with Gasteiger partial charge < -0.3 is 14.7 Å². The molecule has 0 aliphatic carbocycles. The number of anilines is 3. The molecule has 0 bridgehead atoms. The lowest BCUT2D eigenvalue weighted by atomic mass is 9.70. The van der Waals surface area contributed by atoms with Crippen LogP contribution in [0, 0.1) is 11.3 Å². The average Bonchev–Trinajstić information content (AvgIpc) is 3.17. The van der Waals surface area contributed by atoms with E-state index in [2.05, 4.69) is 46.7 Å². The Labute approximate surface area is 319 Å². The van der Waals surface area contributed by atoms with E-state index in [-0.39, 0.29) is 9.79 Å². The normalized spacial score (nSPS) is 11.9. The molecule has 0 atom stereocenters. The maximum absolute atomic E-state index is 11.8. The van der Waals surface area contributed by atoms with Crippen LogP contribution in [-0.2, 0) is 38.7 Å². The second kappa shape index (κ2) is 16.9. The fourth-order valence-electron chi connectivity index (χ4n) is 6.87. The average molecular weight is 767 g/mol. The Hall–Kier alpha value is -5.19. The van der Waals surface area contributed by atoms with Crippen LogP contribution in [0.4, 0.5) is 17.1 Å². The van der Waals surface area contributed by atoms with Crippen LogP contribution < -0.4 is 14.7 Å². The van der Waals surface area contributed by atoms with Crippen LogP contribution in [-0.4, -0.2) is 52.1 Å². The predicted octanol–water partition coefficient (Wildman–Crippen LogP) is 7.94. The summed E-state index contributed by atoms with van der Waals surface area (Å²) >= 11 is 0. The van der Waals surface area contributed by atoms with Crippen molar-refractivity contribution in [3.05, 3.63) is 149 Å². The fraction of sp³-hybridized carbons (Fsp3) is 0.262. The highest BCUT2D eigenvalue weighted by Gasteiger charge is 2.37. The van der Waals surface area contributed by atoms with Crippen molar-refractivity contribution in [2.24, 2.45) is 0 Å². The summed E-state index contributed by atoms with van der Waals surface area (Å²) < 4.78 is 66.1. The molecule has 0 amide bonds. The monoisotopic (exact) mass is 766 g/mol. The van der Waals surface area contributed by atoms with E-state index in [4.69, 9.17) is 0 Å². The van der Waals surface area contributed by atoms with E-state index in [0.29, 0.717) is 26.2 Å². The second-order valence-corrected chi connectivity index (χ2v) is 15.8. The SMILES string of the molecule is CCN(CC)c1ccc(C(C#N)(c2ccc(N(CC)Cc3cccc(S(=O)(=O)O)c3)cc2)c2ccc(N(CC)Cc3cccc(S(=O)(=O)O)c3)cc2)cc1. The lowest BCUT2D eigenvalue weighted by molar-refractivity contribution is 0.481. The van der Waals surface area contributed by atoms with Gasteiger partial charge in [0, 0.05) is 56.3 Å². The maximum atomic E-state index is 11.8. The molecule has 0 radical (unpaired) electrons. The molecule has 282 valence electrons. The van der Waals surface area contributed by atoms with Crippen molar-refractivity contribution in [3.63, 3.8) is 0 Å². The van der Waals surface area contributed by atoms with E-state index < -0.39 is 25.7 Å². The molecule has 0 heterocycles. The molecule has 0 fully saturated rings. The number of nitriles is 1. The van der Waals surface area contributed by atoms with Crippen molar-refractivity contribution in [2.75, 3.05) is 40.9 Å². The van der Waals surface area contributed by atoms with Gasteiger partial charge in [0.2, 0.25) is 0 Å². The molecule has 0 aliphatic rings. The molecule has 0 aromatic heterocycles. The molecule has 10 nitrogen and oxygen atoms in total. The van der Waals surface area contributed by atoms with E-state index in [9.17, 15) is 31.2 Å². The minimum atomic E-state index is -4.33. The first-order valence-corrected chi connectivity index (χ1v) is 20.8. The van der Waals surface area contributed by atoms with E-state index >= 15 is 0 Å². The molecule has 0 saturated carbocycles. The number of nitrogens with zero attached hydrogens (tertiary/aromatic N) is 4. The van der Waals surface area contributed by atoms with Gasteiger partial charge in [-0.15, -0.1) is 0 Å². The number of hydrogen-bond donors (Lipinski definition) is 2. The molecule has 5 aromatic carbocycles. The van der Waals surface area contributed by atoms with Crippen molar-refractivity contribution < 1.29 is 25.9 Å². The third-order valence-electron chi connectivity index (χ3n) is 9.83. The van der Waals surface area contributed by atoms with Crippen molar-refractivity contribution in [2.45, 2.75) is 56.0 Å². The Kier molecular flexibility index (Phi) is 12.5. The Bertz CT molecular complexity index is 2170. The fourth-order valence-corrected chi connectivity index (χ4v) is 7.97. The molecular weight excluding hydrogens is 721 g/mol. The van der Waals surface area contributed by atoms with Gasteiger partial charge in [0.05, 0.1) is 15.9 Å². The van der Waals surface area contributed by atoms with Gasteiger partial charge in [0.1, 0.15) is 5.41 Å². The summed E-state index contributed by atoms with van der Waals surface area (Å²) in [6, 6.07) is 39.0. The molecule has 12 heteroatoms. The van der Waals surface area contributed by atoms with Crippen LogP contribution in [0.1, 0.15) is 55.5 Å². The van der Waals surface area contributed by atoms with Gasteiger partial charge in [-0.05, 0) is 116 Å². The second-order valence-electron chi connectivity index (χ2n) is 12.9. The van der Waals surface area contributed by atoms with Gasteiger partial charge in [-0.1, -0.05) is 60.7 Å². The lowest BCUT2D eigenvalue weighted by Crippen LogP contribution is -2.29. The molecular formula is C42H46N4O6S2. The van der Waals surface area contributed by atoms with E-state index in [1.165, 1.54) is 24.3 Å². The molecule has 5 rings (SSSR count). The Morgan fingerprint density at radius 2 is 0.833 bits per heavy atom. The van der Waals surface area contributed by atoms with E-state index in [1.54, 1.807) is 12.1 Å². The summed E-state index contributed by atoms with van der Waals surface area (Å²) in [5.41, 5.74) is 5.46. The molecule has 0 aliphatic heterocycles. The zero-order valence-electron chi connectivity index (χ0n) is 30.9. The quantitative estimate of drug-likeness (QED) is 0.0751. The van der Waals surface area contributed by atoms with Gasteiger partial charge >= 0.3 is 0 Å². The minimum absolute atomic E-state index is 0.156. The first-order chi connectivity index (χ1) is 25.8. The lowest BCUT2D eigenvalue weighted by Gasteiger charge is -2.31. The summed E-state index contributed by atoms with van der Waals surface area (Å²) in [4.78, 5) is 6.10. The topological polar surface area (TPSA) is 142 Å². The molecule has 0 spiro atoms. The zero-order valence-corrected chi connectivity index (χ0v) is 32.6. The first-order valence-electron chi connectivity index (χ1n) is 17.9. The Morgan fingerprint density at radius 3 is 1.11 bits per heavy atom. The molecule has 2 N–H and O–H groups in total. The summed E-state index contributed by atoms with van der Waals surface area (Å²) in [5, 5.41) is 11.2. The standard InChI is InChI=1S/C42H46N4O6S2/c1-5-44(6-2)37-21-15-34(16-22-37)42(31-43,35-17-23-38(24-18-35)45(7-3)29-32-11-9-13-40(27-32)53(47,48)49)36-19-25-39(26-20-36)46(8-4)30-33-12-10-14-41(28-33)54(50,51)52/h9-28H,5-8,29-30H2,1-4H3,(H,47,48,49)(H,50,51,52). The smallest absolute Gasteiger partial charge is 0.294 e. The third-order valence-corrected chi connectivity index (χ3v) is 11.5. The van der Waals surface area contributed by atoms with E-state index in [0.717, 1.165) is 58.0 Å². The summed E-state index contributed by atoms with van der Waals surface area (Å²) in [7, 11) is -8.67.